The van der Waals surface area contributed by atoms with Gasteiger partial charge in [0.2, 0.25) is 5.13 Å². The van der Waals surface area contributed by atoms with Crippen LogP contribution in [0.1, 0.15) is 46.9 Å². The summed E-state index contributed by atoms with van der Waals surface area (Å²) in [7, 11) is 0. The van der Waals surface area contributed by atoms with Crippen LogP contribution in [0.25, 0.3) is 5.13 Å². The third-order valence-electron chi connectivity index (χ3n) is 6.02. The van der Waals surface area contributed by atoms with Crippen molar-refractivity contribution in [3.63, 3.8) is 0 Å². The molecule has 0 unspecified atom stereocenters. The molecular weight excluding hydrogens is 422 g/mol. The van der Waals surface area contributed by atoms with Gasteiger partial charge in [-0.15, -0.1) is 0 Å². The Morgan fingerprint density at radius 2 is 1.81 bits per heavy atom. The van der Waals surface area contributed by atoms with Crippen molar-refractivity contribution in [2.75, 3.05) is 31.1 Å². The van der Waals surface area contributed by atoms with Gasteiger partial charge in [0, 0.05) is 43.1 Å². The summed E-state index contributed by atoms with van der Waals surface area (Å²) in [6.45, 7) is 11.0. The van der Waals surface area contributed by atoms with E-state index in [0.29, 0.717) is 34.7 Å². The van der Waals surface area contributed by atoms with Crippen molar-refractivity contribution in [1.82, 2.24) is 19.7 Å². The number of aromatic nitrogens is 3. The van der Waals surface area contributed by atoms with Gasteiger partial charge in [0.1, 0.15) is 4.88 Å². The van der Waals surface area contributed by atoms with Crippen LogP contribution in [0.2, 0.25) is 0 Å². The highest BCUT2D eigenvalue weighted by atomic mass is 32.1. The van der Waals surface area contributed by atoms with Gasteiger partial charge >= 0.3 is 0 Å². The van der Waals surface area contributed by atoms with Gasteiger partial charge in [-0.2, -0.15) is 4.68 Å². The van der Waals surface area contributed by atoms with Gasteiger partial charge < -0.3 is 9.80 Å². The highest BCUT2D eigenvalue weighted by Crippen LogP contribution is 2.24. The van der Waals surface area contributed by atoms with Crippen molar-refractivity contribution in [3.05, 3.63) is 62.5 Å². The van der Waals surface area contributed by atoms with E-state index in [0.717, 1.165) is 37.2 Å². The van der Waals surface area contributed by atoms with Gasteiger partial charge in [0.25, 0.3) is 11.5 Å². The number of nitrogens with zero attached hydrogens (tertiary/aromatic N) is 4. The SMILES string of the molecule is Cc1nc(-n2[nH]c(C)c(CCC(C)C)c2=O)sc1C(=O)N1CCN(c2ccccc2)CC1. The minimum Gasteiger partial charge on any atom is -0.368 e. The summed E-state index contributed by atoms with van der Waals surface area (Å²) in [5, 5.41) is 3.68. The lowest BCUT2D eigenvalue weighted by atomic mass is 10.0. The molecule has 0 saturated carbocycles. The van der Waals surface area contributed by atoms with E-state index >= 15 is 0 Å². The number of hydrogen-bond acceptors (Lipinski definition) is 5. The van der Waals surface area contributed by atoms with E-state index in [1.54, 1.807) is 0 Å². The number of para-hydroxylation sites is 1. The summed E-state index contributed by atoms with van der Waals surface area (Å²) in [6.07, 6.45) is 1.71. The minimum atomic E-state index is -0.0626. The Morgan fingerprint density at radius 1 is 1.12 bits per heavy atom. The normalized spacial score (nSPS) is 14.4. The van der Waals surface area contributed by atoms with E-state index in [9.17, 15) is 9.59 Å². The Morgan fingerprint density at radius 3 is 2.47 bits per heavy atom. The second-order valence-corrected chi connectivity index (χ2v) is 9.79. The highest BCUT2D eigenvalue weighted by Gasteiger charge is 2.26. The van der Waals surface area contributed by atoms with E-state index in [-0.39, 0.29) is 11.5 Å². The van der Waals surface area contributed by atoms with Crippen LogP contribution in [0.3, 0.4) is 0 Å². The molecule has 0 radical (unpaired) electrons. The fourth-order valence-electron chi connectivity index (χ4n) is 4.07. The second kappa shape index (κ2) is 9.32. The molecule has 0 atom stereocenters. The summed E-state index contributed by atoms with van der Waals surface area (Å²) in [6, 6.07) is 10.3. The largest absolute Gasteiger partial charge is 0.368 e. The first-order valence-corrected chi connectivity index (χ1v) is 12.0. The van der Waals surface area contributed by atoms with Crippen molar-refractivity contribution >= 4 is 22.9 Å². The predicted octanol–water partition coefficient (Wildman–Crippen LogP) is 3.79. The number of H-pyrrole nitrogens is 1. The molecule has 170 valence electrons. The van der Waals surface area contributed by atoms with Gasteiger partial charge in [-0.3, -0.25) is 14.7 Å². The maximum atomic E-state index is 13.2. The van der Waals surface area contributed by atoms with E-state index < -0.39 is 0 Å². The van der Waals surface area contributed by atoms with Crippen molar-refractivity contribution in [3.8, 4) is 5.13 Å². The van der Waals surface area contributed by atoms with Crippen molar-refractivity contribution in [1.29, 1.82) is 0 Å². The molecule has 0 bridgehead atoms. The zero-order chi connectivity index (χ0) is 22.8. The number of rotatable bonds is 6. The summed E-state index contributed by atoms with van der Waals surface area (Å²) in [4.78, 5) is 35.5. The van der Waals surface area contributed by atoms with Crippen LogP contribution in [-0.2, 0) is 6.42 Å². The van der Waals surface area contributed by atoms with Crippen LogP contribution in [0, 0.1) is 19.8 Å². The molecule has 1 aromatic carbocycles. The van der Waals surface area contributed by atoms with Gasteiger partial charge in [-0.1, -0.05) is 43.4 Å². The zero-order valence-corrected chi connectivity index (χ0v) is 20.0. The molecule has 1 amide bonds. The van der Waals surface area contributed by atoms with Crippen molar-refractivity contribution in [2.45, 2.75) is 40.5 Å². The van der Waals surface area contributed by atoms with Crippen LogP contribution in [-0.4, -0.2) is 51.8 Å². The summed E-state index contributed by atoms with van der Waals surface area (Å²) in [5.74, 6) is 0.529. The Kier molecular flexibility index (Phi) is 6.50. The Hall–Kier alpha value is -2.87. The Balaban J connectivity index is 1.49. The molecule has 1 aliphatic heterocycles. The van der Waals surface area contributed by atoms with Gasteiger partial charge in [0.05, 0.1) is 5.69 Å². The number of anilines is 1. The second-order valence-electron chi connectivity index (χ2n) is 8.81. The van der Waals surface area contributed by atoms with E-state index in [1.807, 2.05) is 36.9 Å². The first-order chi connectivity index (χ1) is 15.3. The van der Waals surface area contributed by atoms with Crippen LogP contribution in [0.4, 0.5) is 5.69 Å². The monoisotopic (exact) mass is 453 g/mol. The summed E-state index contributed by atoms with van der Waals surface area (Å²) in [5.41, 5.74) is 3.46. The maximum Gasteiger partial charge on any atom is 0.276 e. The molecule has 1 aliphatic rings. The highest BCUT2D eigenvalue weighted by molar-refractivity contribution is 7.16. The molecule has 2 aromatic heterocycles. The molecule has 1 N–H and O–H groups in total. The number of thiazole rings is 1. The van der Waals surface area contributed by atoms with Crippen LogP contribution in [0.5, 0.6) is 0 Å². The van der Waals surface area contributed by atoms with E-state index in [4.69, 9.17) is 0 Å². The fraction of sp³-hybridized carbons (Fsp3) is 0.458. The Labute approximate surface area is 192 Å². The quantitative estimate of drug-likeness (QED) is 0.616. The first-order valence-electron chi connectivity index (χ1n) is 11.2. The zero-order valence-electron chi connectivity index (χ0n) is 19.2. The first kappa shape index (κ1) is 22.3. The molecule has 0 aliphatic carbocycles. The van der Waals surface area contributed by atoms with Crippen LogP contribution in [0.15, 0.2) is 35.1 Å². The molecule has 8 heteroatoms. The number of amides is 1. The summed E-state index contributed by atoms with van der Waals surface area (Å²) >= 11 is 1.29. The van der Waals surface area contributed by atoms with Crippen LogP contribution < -0.4 is 10.5 Å². The number of nitrogens with one attached hydrogen (secondary N) is 1. The third-order valence-corrected chi connectivity index (χ3v) is 7.15. The van der Waals surface area contributed by atoms with Crippen molar-refractivity contribution in [2.24, 2.45) is 5.92 Å². The maximum absolute atomic E-state index is 13.2. The number of aryl methyl sites for hydroxylation is 2. The van der Waals surface area contributed by atoms with Gasteiger partial charge in [-0.05, 0) is 44.7 Å². The lowest BCUT2D eigenvalue weighted by Crippen LogP contribution is -2.48. The molecule has 32 heavy (non-hydrogen) atoms. The molecule has 3 heterocycles. The van der Waals surface area contributed by atoms with Gasteiger partial charge in [0.15, 0.2) is 0 Å². The van der Waals surface area contributed by atoms with Crippen LogP contribution >= 0.6 is 11.3 Å². The van der Waals surface area contributed by atoms with E-state index in [1.165, 1.54) is 21.7 Å². The predicted molar refractivity (Wildman–Crippen MR) is 129 cm³/mol. The number of piperazine rings is 1. The third kappa shape index (κ3) is 4.50. The number of hydrogen-bond donors (Lipinski definition) is 1. The summed E-state index contributed by atoms with van der Waals surface area (Å²) < 4.78 is 1.49. The standard InChI is InChI=1S/C24H31N5O2S/c1-16(2)10-11-20-17(3)26-29(22(20)30)24-25-18(4)21(32-24)23(31)28-14-12-27(13-15-28)19-8-6-5-7-9-19/h5-9,16,26H,10-15H2,1-4H3. The number of carbonyl (C=O) groups excluding carboxylic acids is 1. The number of aromatic amines is 1. The molecule has 1 fully saturated rings. The number of carbonyl (C=O) groups is 1. The molecule has 3 aromatic rings. The van der Waals surface area contributed by atoms with Crippen molar-refractivity contribution < 1.29 is 4.79 Å². The smallest absolute Gasteiger partial charge is 0.276 e. The molecule has 7 nitrogen and oxygen atoms in total. The molecule has 0 spiro atoms. The fourth-order valence-corrected chi connectivity index (χ4v) is 5.06. The lowest BCUT2D eigenvalue weighted by molar-refractivity contribution is 0.0750. The average Bonchev–Trinajstić information content (AvgIpc) is 3.31. The minimum absolute atomic E-state index is 0.00433. The van der Waals surface area contributed by atoms with E-state index in [2.05, 4.69) is 41.0 Å². The van der Waals surface area contributed by atoms with Gasteiger partial charge in [-0.25, -0.2) is 4.98 Å². The average molecular weight is 454 g/mol. The Bertz CT molecular complexity index is 1140. The topological polar surface area (TPSA) is 74.2 Å². The number of benzene rings is 1. The lowest BCUT2D eigenvalue weighted by Gasteiger charge is -2.36. The molecule has 1 saturated heterocycles. The molecule has 4 rings (SSSR count). The molecular formula is C24H31N5O2S.